The highest BCUT2D eigenvalue weighted by Crippen LogP contribution is 2.24. The molecule has 0 aliphatic heterocycles. The van der Waals surface area contributed by atoms with Crippen LogP contribution < -0.4 is 11.1 Å². The second-order valence-corrected chi connectivity index (χ2v) is 6.18. The minimum absolute atomic E-state index is 0.0445. The number of nitrogens with one attached hydrogen (secondary N) is 1. The van der Waals surface area contributed by atoms with Gasteiger partial charge in [0.25, 0.3) is 5.91 Å². The lowest BCUT2D eigenvalue weighted by atomic mass is 9.97. The van der Waals surface area contributed by atoms with Crippen LogP contribution in [0.5, 0.6) is 0 Å². The van der Waals surface area contributed by atoms with Crippen molar-refractivity contribution in [2.24, 2.45) is 11.7 Å². The van der Waals surface area contributed by atoms with Gasteiger partial charge in [0, 0.05) is 23.7 Å². The molecule has 2 atom stereocenters. The smallest absolute Gasteiger partial charge is 0.251 e. The van der Waals surface area contributed by atoms with Gasteiger partial charge in [-0.15, -0.1) is 5.92 Å². The molecule has 0 aliphatic rings. The lowest BCUT2D eigenvalue weighted by molar-refractivity contribution is 0.0949. The molecule has 0 spiro atoms. The van der Waals surface area contributed by atoms with E-state index in [1.807, 2.05) is 43.3 Å². The summed E-state index contributed by atoms with van der Waals surface area (Å²) in [6.07, 6.45) is 0.994. The summed E-state index contributed by atoms with van der Waals surface area (Å²) in [6.45, 7) is 6.48. The number of amides is 1. The average Bonchev–Trinajstić information content (AvgIpc) is 2.66. The number of carbonyl (C=O) groups is 1. The molecule has 0 saturated carbocycles. The van der Waals surface area contributed by atoms with E-state index in [9.17, 15) is 4.79 Å². The van der Waals surface area contributed by atoms with Gasteiger partial charge in [-0.2, -0.15) is 0 Å². The van der Waals surface area contributed by atoms with E-state index >= 15 is 0 Å². The average molecular weight is 333 g/mol. The molecule has 2 rings (SSSR count). The molecule has 3 nitrogen and oxygen atoms in total. The molecule has 3 N–H and O–H groups in total. The van der Waals surface area contributed by atoms with E-state index < -0.39 is 0 Å². The maximum Gasteiger partial charge on any atom is 0.251 e. The molecule has 2 aromatic rings. The summed E-state index contributed by atoms with van der Waals surface area (Å²) < 4.78 is 0. The molecule has 1 radical (unpaired) electrons. The number of hydrogen-bond acceptors (Lipinski definition) is 2. The fraction of sp³-hybridized carbons (Fsp3) is 0.318. The first-order valence-corrected chi connectivity index (χ1v) is 8.63. The monoisotopic (exact) mass is 333 g/mol. The van der Waals surface area contributed by atoms with Gasteiger partial charge in [-0.1, -0.05) is 50.5 Å². The second-order valence-electron chi connectivity index (χ2n) is 6.18. The molecule has 2 aromatic carbocycles. The first kappa shape index (κ1) is 18.8. The molecular weight excluding hydrogens is 308 g/mol. The Hall–Kier alpha value is -2.57. The molecule has 0 aliphatic carbocycles. The van der Waals surface area contributed by atoms with Crippen LogP contribution in [0.25, 0.3) is 11.1 Å². The highest BCUT2D eigenvalue weighted by Gasteiger charge is 2.15. The Morgan fingerprint density at radius 2 is 2.00 bits per heavy atom. The van der Waals surface area contributed by atoms with Crippen molar-refractivity contribution in [1.82, 2.24) is 5.32 Å². The Morgan fingerprint density at radius 1 is 1.28 bits per heavy atom. The largest absolute Gasteiger partial charge is 0.350 e. The molecule has 25 heavy (non-hydrogen) atoms. The van der Waals surface area contributed by atoms with E-state index in [0.29, 0.717) is 18.0 Å². The van der Waals surface area contributed by atoms with E-state index in [1.54, 1.807) is 6.07 Å². The topological polar surface area (TPSA) is 55.1 Å². The Morgan fingerprint density at radius 3 is 2.64 bits per heavy atom. The van der Waals surface area contributed by atoms with Crippen LogP contribution in [-0.4, -0.2) is 18.5 Å². The second kappa shape index (κ2) is 9.05. The Kier molecular flexibility index (Phi) is 6.80. The number of hydrogen-bond donors (Lipinski definition) is 2. The Balaban J connectivity index is 2.19. The van der Waals surface area contributed by atoms with Gasteiger partial charge in [0.15, 0.2) is 0 Å². The van der Waals surface area contributed by atoms with Crippen LogP contribution in [0.15, 0.2) is 42.5 Å². The zero-order valence-corrected chi connectivity index (χ0v) is 15.1. The third-order valence-corrected chi connectivity index (χ3v) is 4.45. The van der Waals surface area contributed by atoms with E-state index in [1.165, 1.54) is 0 Å². The van der Waals surface area contributed by atoms with Crippen LogP contribution in [0.4, 0.5) is 0 Å². The van der Waals surface area contributed by atoms with Crippen LogP contribution in [0.1, 0.15) is 43.1 Å². The minimum atomic E-state index is -0.122. The van der Waals surface area contributed by atoms with Gasteiger partial charge in [-0.3, -0.25) is 4.79 Å². The third kappa shape index (κ3) is 4.95. The van der Waals surface area contributed by atoms with Gasteiger partial charge < -0.3 is 11.1 Å². The van der Waals surface area contributed by atoms with E-state index in [2.05, 4.69) is 37.1 Å². The first-order valence-electron chi connectivity index (χ1n) is 8.63. The Labute approximate surface area is 150 Å². The maximum atomic E-state index is 12.6. The summed E-state index contributed by atoms with van der Waals surface area (Å²) in [7, 11) is 0. The minimum Gasteiger partial charge on any atom is -0.350 e. The highest BCUT2D eigenvalue weighted by molar-refractivity contribution is 6.00. The van der Waals surface area contributed by atoms with Crippen molar-refractivity contribution in [1.29, 1.82) is 0 Å². The van der Waals surface area contributed by atoms with Crippen molar-refractivity contribution in [3.05, 3.63) is 59.7 Å². The van der Waals surface area contributed by atoms with Gasteiger partial charge >= 0.3 is 0 Å². The summed E-state index contributed by atoms with van der Waals surface area (Å²) in [6, 6.07) is 16.3. The normalized spacial score (nSPS) is 12.6. The van der Waals surface area contributed by atoms with E-state index in [0.717, 1.165) is 23.1 Å². The van der Waals surface area contributed by atoms with Crippen molar-refractivity contribution in [3.8, 4) is 23.0 Å². The molecule has 0 fully saturated rings. The highest BCUT2D eigenvalue weighted by atomic mass is 16.1. The fourth-order valence-electron chi connectivity index (χ4n) is 2.56. The molecular formula is C22H25N2O. The third-order valence-electron chi connectivity index (χ3n) is 4.45. The van der Waals surface area contributed by atoms with Crippen molar-refractivity contribution >= 4 is 5.91 Å². The van der Waals surface area contributed by atoms with Crippen LogP contribution in [-0.2, 0) is 0 Å². The molecule has 1 amide bonds. The zero-order chi connectivity index (χ0) is 18.2. The van der Waals surface area contributed by atoms with Crippen molar-refractivity contribution in [2.75, 3.05) is 6.54 Å². The van der Waals surface area contributed by atoms with Crippen LogP contribution in [0.2, 0.25) is 0 Å². The van der Waals surface area contributed by atoms with Crippen LogP contribution in [0.3, 0.4) is 0 Å². The summed E-state index contributed by atoms with van der Waals surface area (Å²) >= 11 is 0. The predicted octanol–water partition coefficient (Wildman–Crippen LogP) is 3.63. The van der Waals surface area contributed by atoms with Gasteiger partial charge in [0.05, 0.1) is 0 Å². The van der Waals surface area contributed by atoms with Gasteiger partial charge in [0.1, 0.15) is 0 Å². The van der Waals surface area contributed by atoms with Crippen molar-refractivity contribution < 1.29 is 4.79 Å². The molecule has 0 bridgehead atoms. The zero-order valence-electron chi connectivity index (χ0n) is 15.1. The molecule has 0 aromatic heterocycles. The van der Waals surface area contributed by atoms with Gasteiger partial charge in [-0.05, 0) is 48.2 Å². The number of rotatable bonds is 6. The molecule has 0 unspecified atom stereocenters. The van der Waals surface area contributed by atoms with Gasteiger partial charge in [-0.25, -0.2) is 0 Å². The lowest BCUT2D eigenvalue weighted by Crippen LogP contribution is -2.41. The number of nitrogens with two attached hydrogens (primary N) is 1. The fourth-order valence-corrected chi connectivity index (χ4v) is 2.56. The van der Waals surface area contributed by atoms with Crippen molar-refractivity contribution in [3.63, 3.8) is 0 Å². The summed E-state index contributed by atoms with van der Waals surface area (Å²) in [5, 5.41) is 2.95. The molecule has 3 heteroatoms. The summed E-state index contributed by atoms with van der Waals surface area (Å²) in [5.74, 6) is 6.15. The molecule has 0 heterocycles. The molecule has 0 saturated heterocycles. The summed E-state index contributed by atoms with van der Waals surface area (Å²) in [4.78, 5) is 12.6. The number of carbonyl (C=O) groups excluding carboxylic acids is 1. The number of benzene rings is 2. The SMILES string of the molecule is CC#Cc1ccc(-c2cc[c]cc2C(=O)NC[C@@H](N)[C@@H](C)CC)cc1. The summed E-state index contributed by atoms with van der Waals surface area (Å²) in [5.41, 5.74) is 9.53. The van der Waals surface area contributed by atoms with Crippen molar-refractivity contribution in [2.45, 2.75) is 33.2 Å². The first-order chi connectivity index (χ1) is 12.1. The van der Waals surface area contributed by atoms with Crippen LogP contribution >= 0.6 is 0 Å². The van der Waals surface area contributed by atoms with E-state index in [4.69, 9.17) is 5.73 Å². The standard InChI is InChI=1S/C22H25N2O/c1-4-8-17-11-13-18(14-12-17)19-9-6-7-10-20(19)22(25)24-15-21(23)16(3)5-2/h6,9-14,16,21H,5,15,23H2,1-3H3,(H,24,25)/t16-,21+/m0/s1. The Bertz CT molecular complexity index is 769. The quantitative estimate of drug-likeness (QED) is 0.793. The lowest BCUT2D eigenvalue weighted by Gasteiger charge is -2.19. The van der Waals surface area contributed by atoms with Crippen LogP contribution in [0, 0.1) is 23.8 Å². The van der Waals surface area contributed by atoms with E-state index in [-0.39, 0.29) is 11.9 Å². The molecule has 129 valence electrons. The maximum absolute atomic E-state index is 12.6. The predicted molar refractivity (Wildman–Crippen MR) is 103 cm³/mol. The van der Waals surface area contributed by atoms with Gasteiger partial charge in [0.2, 0.25) is 0 Å².